The van der Waals surface area contributed by atoms with E-state index in [0.29, 0.717) is 5.56 Å². The summed E-state index contributed by atoms with van der Waals surface area (Å²) in [5, 5.41) is 12.3. The van der Waals surface area contributed by atoms with Gasteiger partial charge in [0, 0.05) is 12.2 Å². The number of rotatable bonds is 4. The Hall–Kier alpha value is -2.29. The van der Waals surface area contributed by atoms with Gasteiger partial charge in [-0.2, -0.15) is 0 Å². The van der Waals surface area contributed by atoms with Gasteiger partial charge in [0.05, 0.1) is 5.56 Å². The smallest absolute Gasteiger partial charge is 0.335 e. The van der Waals surface area contributed by atoms with Crippen LogP contribution in [0.2, 0.25) is 0 Å². The molecule has 1 aliphatic carbocycles. The number of fused-ring (bicyclic) bond motifs is 1. The molecule has 2 aromatic carbocycles. The van der Waals surface area contributed by atoms with Crippen molar-refractivity contribution in [3.63, 3.8) is 0 Å². The van der Waals surface area contributed by atoms with Gasteiger partial charge < -0.3 is 10.4 Å². The number of hydrogen-bond donors (Lipinski definition) is 2. The van der Waals surface area contributed by atoms with Crippen LogP contribution in [-0.4, -0.2) is 11.1 Å². The first-order valence-corrected chi connectivity index (χ1v) is 6.91. The minimum absolute atomic E-state index is 0.328. The third kappa shape index (κ3) is 2.52. The van der Waals surface area contributed by atoms with Crippen molar-refractivity contribution in [2.75, 3.05) is 5.32 Å². The molecule has 2 aromatic rings. The summed E-state index contributed by atoms with van der Waals surface area (Å²) in [5.41, 5.74) is 5.52. The monoisotopic (exact) mass is 267 g/mol. The predicted octanol–water partition coefficient (Wildman–Crippen LogP) is 3.49. The Morgan fingerprint density at radius 2 is 1.90 bits per heavy atom. The Morgan fingerprint density at radius 3 is 2.65 bits per heavy atom. The van der Waals surface area contributed by atoms with Crippen molar-refractivity contribution < 1.29 is 9.90 Å². The van der Waals surface area contributed by atoms with Gasteiger partial charge in [0.1, 0.15) is 0 Å². The fraction of sp³-hybridized carbons (Fsp3) is 0.235. The van der Waals surface area contributed by atoms with Crippen molar-refractivity contribution >= 4 is 11.7 Å². The van der Waals surface area contributed by atoms with Crippen LogP contribution in [0.5, 0.6) is 0 Å². The summed E-state index contributed by atoms with van der Waals surface area (Å²) in [6.45, 7) is 0.719. The normalized spacial score (nSPS) is 13.0. The maximum atomic E-state index is 10.8. The molecular formula is C17H17NO2. The highest BCUT2D eigenvalue weighted by Gasteiger charge is 2.13. The lowest BCUT2D eigenvalue weighted by molar-refractivity contribution is 0.0697. The van der Waals surface area contributed by atoms with Crippen LogP contribution in [-0.2, 0) is 19.4 Å². The van der Waals surface area contributed by atoms with Crippen LogP contribution in [0.25, 0.3) is 0 Å². The second-order valence-electron chi connectivity index (χ2n) is 5.15. The molecule has 0 atom stereocenters. The van der Waals surface area contributed by atoms with Crippen molar-refractivity contribution in [3.05, 3.63) is 64.7 Å². The van der Waals surface area contributed by atoms with Crippen molar-refractivity contribution in [1.82, 2.24) is 0 Å². The average molecular weight is 267 g/mol. The molecule has 0 fully saturated rings. The topological polar surface area (TPSA) is 49.3 Å². The van der Waals surface area contributed by atoms with E-state index in [1.54, 1.807) is 12.1 Å². The van der Waals surface area contributed by atoms with Gasteiger partial charge in [0.25, 0.3) is 0 Å². The summed E-state index contributed by atoms with van der Waals surface area (Å²) < 4.78 is 0. The van der Waals surface area contributed by atoms with E-state index in [1.165, 1.54) is 29.7 Å². The number of nitrogens with one attached hydrogen (secondary N) is 1. The zero-order chi connectivity index (χ0) is 13.9. The van der Waals surface area contributed by atoms with E-state index in [0.717, 1.165) is 18.5 Å². The zero-order valence-electron chi connectivity index (χ0n) is 11.2. The third-order valence-electron chi connectivity index (χ3n) is 3.83. The maximum Gasteiger partial charge on any atom is 0.335 e. The Balaban J connectivity index is 1.71. The first-order valence-electron chi connectivity index (χ1n) is 6.91. The average Bonchev–Trinajstić information content (AvgIpc) is 2.94. The first-order chi connectivity index (χ1) is 9.74. The molecule has 0 radical (unpaired) electrons. The molecule has 3 nitrogen and oxygen atoms in total. The molecule has 0 aliphatic heterocycles. The van der Waals surface area contributed by atoms with Gasteiger partial charge in [0.2, 0.25) is 0 Å². The molecule has 0 heterocycles. The van der Waals surface area contributed by atoms with Crippen LogP contribution in [0.3, 0.4) is 0 Å². The SMILES string of the molecule is O=C(O)c1ccc(CNc2cccc3c2CCC3)cc1. The Morgan fingerprint density at radius 1 is 1.10 bits per heavy atom. The minimum Gasteiger partial charge on any atom is -0.478 e. The molecule has 20 heavy (non-hydrogen) atoms. The van der Waals surface area contributed by atoms with E-state index in [4.69, 9.17) is 5.11 Å². The summed E-state index contributed by atoms with van der Waals surface area (Å²) >= 11 is 0. The molecule has 0 bridgehead atoms. The summed E-state index contributed by atoms with van der Waals surface area (Å²) in [5.74, 6) is -0.884. The van der Waals surface area contributed by atoms with Crippen LogP contribution in [0.15, 0.2) is 42.5 Å². The van der Waals surface area contributed by atoms with Crippen LogP contribution < -0.4 is 5.32 Å². The molecule has 3 rings (SSSR count). The van der Waals surface area contributed by atoms with Crippen LogP contribution in [0, 0.1) is 0 Å². The lowest BCUT2D eigenvalue weighted by Crippen LogP contribution is -2.03. The van der Waals surface area contributed by atoms with Gasteiger partial charge in [-0.25, -0.2) is 4.79 Å². The molecule has 102 valence electrons. The second kappa shape index (κ2) is 5.37. The highest BCUT2D eigenvalue weighted by atomic mass is 16.4. The van der Waals surface area contributed by atoms with Crippen molar-refractivity contribution in [2.45, 2.75) is 25.8 Å². The van der Waals surface area contributed by atoms with Gasteiger partial charge in [-0.3, -0.25) is 0 Å². The number of aromatic carboxylic acids is 1. The van der Waals surface area contributed by atoms with Gasteiger partial charge in [0.15, 0.2) is 0 Å². The largest absolute Gasteiger partial charge is 0.478 e. The number of carboxylic acid groups (broad SMARTS) is 1. The molecule has 0 amide bonds. The van der Waals surface area contributed by atoms with Crippen molar-refractivity contribution in [1.29, 1.82) is 0 Å². The van der Waals surface area contributed by atoms with Gasteiger partial charge in [-0.1, -0.05) is 24.3 Å². The minimum atomic E-state index is -0.884. The molecule has 0 unspecified atom stereocenters. The van der Waals surface area contributed by atoms with Crippen molar-refractivity contribution in [2.24, 2.45) is 0 Å². The number of carboxylic acids is 1. The standard InChI is InChI=1S/C17H17NO2/c19-17(20)14-9-7-12(8-10-14)11-18-16-6-2-4-13-3-1-5-15(13)16/h2,4,6-10,18H,1,3,5,11H2,(H,19,20). The van der Waals surface area contributed by atoms with E-state index in [-0.39, 0.29) is 0 Å². The number of aryl methyl sites for hydroxylation is 1. The summed E-state index contributed by atoms with van der Waals surface area (Å²) in [6, 6.07) is 13.4. The second-order valence-corrected chi connectivity index (χ2v) is 5.15. The highest BCUT2D eigenvalue weighted by molar-refractivity contribution is 5.87. The molecule has 0 saturated carbocycles. The summed E-state index contributed by atoms with van der Waals surface area (Å²) in [6.07, 6.45) is 3.57. The predicted molar refractivity (Wildman–Crippen MR) is 79.2 cm³/mol. The maximum absolute atomic E-state index is 10.8. The van der Waals surface area contributed by atoms with E-state index >= 15 is 0 Å². The van der Waals surface area contributed by atoms with E-state index in [9.17, 15) is 4.79 Å². The van der Waals surface area contributed by atoms with E-state index in [1.807, 2.05) is 12.1 Å². The molecule has 2 N–H and O–H groups in total. The fourth-order valence-electron chi connectivity index (χ4n) is 2.75. The van der Waals surface area contributed by atoms with E-state index in [2.05, 4.69) is 23.5 Å². The molecule has 3 heteroatoms. The number of hydrogen-bond acceptors (Lipinski definition) is 2. The van der Waals surface area contributed by atoms with Crippen LogP contribution in [0.4, 0.5) is 5.69 Å². The fourth-order valence-corrected chi connectivity index (χ4v) is 2.75. The quantitative estimate of drug-likeness (QED) is 0.891. The number of carbonyl (C=O) groups is 1. The molecule has 0 spiro atoms. The molecular weight excluding hydrogens is 250 g/mol. The Kier molecular flexibility index (Phi) is 3.42. The van der Waals surface area contributed by atoms with Gasteiger partial charge in [-0.05, 0) is 54.2 Å². The Labute approximate surface area is 118 Å². The first kappa shape index (κ1) is 12.7. The van der Waals surface area contributed by atoms with Crippen LogP contribution >= 0.6 is 0 Å². The third-order valence-corrected chi connectivity index (χ3v) is 3.83. The zero-order valence-corrected chi connectivity index (χ0v) is 11.2. The summed E-state index contributed by atoms with van der Waals surface area (Å²) in [7, 11) is 0. The number of anilines is 1. The lowest BCUT2D eigenvalue weighted by Gasteiger charge is -2.11. The number of benzene rings is 2. The van der Waals surface area contributed by atoms with Crippen LogP contribution in [0.1, 0.15) is 33.5 Å². The van der Waals surface area contributed by atoms with Crippen molar-refractivity contribution in [3.8, 4) is 0 Å². The lowest BCUT2D eigenvalue weighted by atomic mass is 10.1. The molecule has 1 aliphatic rings. The van der Waals surface area contributed by atoms with Gasteiger partial charge in [-0.15, -0.1) is 0 Å². The highest BCUT2D eigenvalue weighted by Crippen LogP contribution is 2.28. The Bertz CT molecular complexity index is 632. The van der Waals surface area contributed by atoms with E-state index < -0.39 is 5.97 Å². The molecule has 0 saturated heterocycles. The molecule has 0 aromatic heterocycles. The summed E-state index contributed by atoms with van der Waals surface area (Å²) in [4.78, 5) is 10.8. The van der Waals surface area contributed by atoms with Gasteiger partial charge >= 0.3 is 5.97 Å².